The molecular formula is C15H23NO2S. The van der Waals surface area contributed by atoms with Gasteiger partial charge in [0.15, 0.2) is 0 Å². The number of benzene rings is 1. The second-order valence-electron chi connectivity index (χ2n) is 4.80. The van der Waals surface area contributed by atoms with Gasteiger partial charge in [0.1, 0.15) is 0 Å². The molecule has 1 aromatic rings. The maximum absolute atomic E-state index is 11.9. The monoisotopic (exact) mass is 281 g/mol. The molecular weight excluding hydrogens is 258 g/mol. The molecule has 19 heavy (non-hydrogen) atoms. The van der Waals surface area contributed by atoms with Gasteiger partial charge >= 0.3 is 0 Å². The fourth-order valence-electron chi connectivity index (χ4n) is 1.81. The summed E-state index contributed by atoms with van der Waals surface area (Å²) in [5.74, 6) is 0.355. The standard InChI is InChI=1S/C15H23NO2S/c1-4-15(5-2,11-17)16-14(18)10-19-13-8-6-12(3)7-9-13/h6-9,17H,4-5,10-11H2,1-3H3,(H,16,18). The zero-order valence-corrected chi connectivity index (χ0v) is 12.7. The second kappa shape index (κ2) is 7.56. The molecule has 0 atom stereocenters. The van der Waals surface area contributed by atoms with Crippen LogP contribution in [-0.2, 0) is 4.79 Å². The molecule has 0 aliphatic carbocycles. The molecule has 0 aliphatic heterocycles. The summed E-state index contributed by atoms with van der Waals surface area (Å²) in [4.78, 5) is 13.0. The second-order valence-corrected chi connectivity index (χ2v) is 5.84. The van der Waals surface area contributed by atoms with Crippen molar-refractivity contribution in [1.82, 2.24) is 5.32 Å². The molecule has 1 amide bonds. The highest BCUT2D eigenvalue weighted by atomic mass is 32.2. The van der Waals surface area contributed by atoms with Crippen LogP contribution in [0.1, 0.15) is 32.3 Å². The van der Waals surface area contributed by atoms with Gasteiger partial charge in [0.25, 0.3) is 0 Å². The van der Waals surface area contributed by atoms with Crippen LogP contribution in [0.2, 0.25) is 0 Å². The van der Waals surface area contributed by atoms with Crippen molar-refractivity contribution < 1.29 is 9.90 Å². The van der Waals surface area contributed by atoms with Crippen LogP contribution in [0.4, 0.5) is 0 Å². The van der Waals surface area contributed by atoms with Crippen molar-refractivity contribution in [2.24, 2.45) is 0 Å². The van der Waals surface area contributed by atoms with Crippen LogP contribution in [0.3, 0.4) is 0 Å². The molecule has 1 rings (SSSR count). The van der Waals surface area contributed by atoms with E-state index in [1.54, 1.807) is 0 Å². The van der Waals surface area contributed by atoms with Gasteiger partial charge in [-0.2, -0.15) is 0 Å². The number of carbonyl (C=O) groups excluding carboxylic acids is 1. The Kier molecular flexibility index (Phi) is 6.38. The number of aryl methyl sites for hydroxylation is 1. The fourth-order valence-corrected chi connectivity index (χ4v) is 2.50. The quantitative estimate of drug-likeness (QED) is 0.756. The number of hydrogen-bond acceptors (Lipinski definition) is 3. The third kappa shape index (κ3) is 4.88. The smallest absolute Gasteiger partial charge is 0.230 e. The molecule has 0 saturated carbocycles. The van der Waals surface area contributed by atoms with E-state index in [1.807, 2.05) is 45.0 Å². The Morgan fingerprint density at radius 2 is 1.84 bits per heavy atom. The van der Waals surface area contributed by atoms with Crippen molar-refractivity contribution in [1.29, 1.82) is 0 Å². The number of carbonyl (C=O) groups is 1. The Morgan fingerprint density at radius 3 is 2.32 bits per heavy atom. The maximum Gasteiger partial charge on any atom is 0.230 e. The van der Waals surface area contributed by atoms with E-state index in [2.05, 4.69) is 5.32 Å². The zero-order valence-electron chi connectivity index (χ0n) is 11.9. The van der Waals surface area contributed by atoms with Gasteiger partial charge in [0, 0.05) is 4.90 Å². The summed E-state index contributed by atoms with van der Waals surface area (Å²) in [6.07, 6.45) is 1.47. The van der Waals surface area contributed by atoms with Crippen LogP contribution in [-0.4, -0.2) is 28.9 Å². The minimum absolute atomic E-state index is 0.0130. The van der Waals surface area contributed by atoms with E-state index in [9.17, 15) is 9.90 Å². The van der Waals surface area contributed by atoms with Crippen LogP contribution < -0.4 is 5.32 Å². The highest BCUT2D eigenvalue weighted by molar-refractivity contribution is 8.00. The molecule has 0 unspecified atom stereocenters. The third-order valence-electron chi connectivity index (χ3n) is 3.45. The lowest BCUT2D eigenvalue weighted by Gasteiger charge is -2.30. The molecule has 1 aromatic carbocycles. The Hall–Kier alpha value is -1.00. The molecule has 0 radical (unpaired) electrons. The molecule has 106 valence electrons. The van der Waals surface area contributed by atoms with E-state index in [0.29, 0.717) is 5.75 Å². The predicted molar refractivity (Wildman–Crippen MR) is 80.4 cm³/mol. The van der Waals surface area contributed by atoms with E-state index < -0.39 is 5.54 Å². The van der Waals surface area contributed by atoms with Crippen molar-refractivity contribution in [3.8, 4) is 0 Å². The molecule has 2 N–H and O–H groups in total. The van der Waals surface area contributed by atoms with Crippen molar-refractivity contribution in [2.75, 3.05) is 12.4 Å². The molecule has 0 fully saturated rings. The molecule has 4 heteroatoms. The molecule has 0 bridgehead atoms. The Morgan fingerprint density at radius 1 is 1.26 bits per heavy atom. The van der Waals surface area contributed by atoms with E-state index >= 15 is 0 Å². The molecule has 0 aliphatic rings. The lowest BCUT2D eigenvalue weighted by molar-refractivity contribution is -0.121. The van der Waals surface area contributed by atoms with E-state index in [1.165, 1.54) is 17.3 Å². The molecule has 0 heterocycles. The van der Waals surface area contributed by atoms with Gasteiger partial charge in [-0.25, -0.2) is 0 Å². The Labute approximate surface area is 119 Å². The van der Waals surface area contributed by atoms with Gasteiger partial charge in [0.05, 0.1) is 17.9 Å². The van der Waals surface area contributed by atoms with E-state index in [0.717, 1.165) is 17.7 Å². The maximum atomic E-state index is 11.9. The van der Waals surface area contributed by atoms with Crippen LogP contribution in [0.25, 0.3) is 0 Å². The van der Waals surface area contributed by atoms with Crippen molar-refractivity contribution in [3.63, 3.8) is 0 Å². The van der Waals surface area contributed by atoms with Crippen LogP contribution in [0.5, 0.6) is 0 Å². The number of amides is 1. The largest absolute Gasteiger partial charge is 0.394 e. The average molecular weight is 281 g/mol. The summed E-state index contributed by atoms with van der Waals surface area (Å²) >= 11 is 1.52. The SMILES string of the molecule is CCC(CC)(CO)NC(=O)CSc1ccc(C)cc1. The molecule has 0 spiro atoms. The van der Waals surface area contributed by atoms with Gasteiger partial charge in [0.2, 0.25) is 5.91 Å². The highest BCUT2D eigenvalue weighted by Crippen LogP contribution is 2.19. The van der Waals surface area contributed by atoms with Crippen LogP contribution in [0.15, 0.2) is 29.2 Å². The molecule has 3 nitrogen and oxygen atoms in total. The summed E-state index contributed by atoms with van der Waals surface area (Å²) in [6.45, 7) is 5.99. The Bertz CT molecular complexity index is 391. The fraction of sp³-hybridized carbons (Fsp3) is 0.533. The molecule has 0 aromatic heterocycles. The van der Waals surface area contributed by atoms with E-state index in [4.69, 9.17) is 0 Å². The highest BCUT2D eigenvalue weighted by Gasteiger charge is 2.26. The average Bonchev–Trinajstić information content (AvgIpc) is 2.44. The molecule has 0 saturated heterocycles. The minimum atomic E-state index is -0.467. The van der Waals surface area contributed by atoms with E-state index in [-0.39, 0.29) is 12.5 Å². The van der Waals surface area contributed by atoms with Crippen LogP contribution in [0, 0.1) is 6.92 Å². The normalized spacial score (nSPS) is 11.4. The topological polar surface area (TPSA) is 49.3 Å². The van der Waals surface area contributed by atoms with Crippen molar-refractivity contribution in [3.05, 3.63) is 29.8 Å². The summed E-state index contributed by atoms with van der Waals surface area (Å²) in [7, 11) is 0. The number of aliphatic hydroxyl groups excluding tert-OH is 1. The zero-order chi connectivity index (χ0) is 14.3. The Balaban J connectivity index is 2.49. The third-order valence-corrected chi connectivity index (χ3v) is 4.46. The lowest BCUT2D eigenvalue weighted by Crippen LogP contribution is -2.51. The lowest BCUT2D eigenvalue weighted by atomic mass is 9.94. The van der Waals surface area contributed by atoms with Crippen molar-refractivity contribution in [2.45, 2.75) is 44.0 Å². The summed E-state index contributed by atoms with van der Waals surface area (Å²) in [6, 6.07) is 8.12. The first-order valence-electron chi connectivity index (χ1n) is 6.66. The summed E-state index contributed by atoms with van der Waals surface area (Å²) in [5.41, 5.74) is 0.746. The van der Waals surface area contributed by atoms with Gasteiger partial charge < -0.3 is 10.4 Å². The van der Waals surface area contributed by atoms with Crippen molar-refractivity contribution >= 4 is 17.7 Å². The van der Waals surface area contributed by atoms with Gasteiger partial charge in [-0.15, -0.1) is 11.8 Å². The first-order chi connectivity index (χ1) is 9.05. The number of aliphatic hydroxyl groups is 1. The number of rotatable bonds is 7. The summed E-state index contributed by atoms with van der Waals surface area (Å²) in [5, 5.41) is 12.4. The van der Waals surface area contributed by atoms with Gasteiger partial charge in [-0.3, -0.25) is 4.79 Å². The first-order valence-corrected chi connectivity index (χ1v) is 7.65. The van der Waals surface area contributed by atoms with Crippen LogP contribution >= 0.6 is 11.8 Å². The summed E-state index contributed by atoms with van der Waals surface area (Å²) < 4.78 is 0. The van der Waals surface area contributed by atoms with Gasteiger partial charge in [-0.05, 0) is 31.9 Å². The number of hydrogen-bond donors (Lipinski definition) is 2. The van der Waals surface area contributed by atoms with Gasteiger partial charge in [-0.1, -0.05) is 31.5 Å². The number of thioether (sulfide) groups is 1. The number of nitrogens with one attached hydrogen (secondary N) is 1. The minimum Gasteiger partial charge on any atom is -0.394 e. The predicted octanol–water partition coefficient (Wildman–Crippen LogP) is 2.75. The first kappa shape index (κ1) is 16.1.